The lowest BCUT2D eigenvalue weighted by atomic mass is 10.1. The molecule has 0 saturated carbocycles. The van der Waals surface area contributed by atoms with Gasteiger partial charge in [0.25, 0.3) is 5.56 Å². The van der Waals surface area contributed by atoms with Crippen LogP contribution >= 0.6 is 11.3 Å². The van der Waals surface area contributed by atoms with Gasteiger partial charge in [-0.2, -0.15) is 0 Å². The van der Waals surface area contributed by atoms with Crippen molar-refractivity contribution in [3.8, 4) is 11.3 Å². The van der Waals surface area contributed by atoms with Crippen molar-refractivity contribution in [2.45, 2.75) is 33.2 Å². The van der Waals surface area contributed by atoms with Crippen molar-refractivity contribution in [1.29, 1.82) is 0 Å². The lowest BCUT2D eigenvalue weighted by Gasteiger charge is -2.07. The Labute approximate surface area is 188 Å². The summed E-state index contributed by atoms with van der Waals surface area (Å²) in [6.07, 6.45) is 2.31. The fourth-order valence-corrected chi connectivity index (χ4v) is 4.26. The molecular weight excluding hydrogens is 428 g/mol. The Balaban J connectivity index is 1.39. The highest BCUT2D eigenvalue weighted by Gasteiger charge is 2.15. The number of thiazole rings is 1. The van der Waals surface area contributed by atoms with Gasteiger partial charge >= 0.3 is 5.69 Å². The van der Waals surface area contributed by atoms with E-state index in [4.69, 9.17) is 0 Å². The minimum absolute atomic E-state index is 0.143. The number of rotatable bonds is 6. The highest BCUT2D eigenvalue weighted by atomic mass is 32.1. The molecule has 0 aliphatic carbocycles. The van der Waals surface area contributed by atoms with Crippen molar-refractivity contribution in [3.05, 3.63) is 61.9 Å². The van der Waals surface area contributed by atoms with Gasteiger partial charge in [0.1, 0.15) is 0 Å². The summed E-state index contributed by atoms with van der Waals surface area (Å²) in [4.78, 5) is 45.6. The fourth-order valence-electron chi connectivity index (χ4n) is 3.52. The number of nitrogens with one attached hydrogen (secondary N) is 1. The number of anilines is 1. The van der Waals surface area contributed by atoms with E-state index in [0.717, 1.165) is 15.8 Å². The number of imidazole rings is 1. The first-order chi connectivity index (χ1) is 15.3. The van der Waals surface area contributed by atoms with E-state index in [9.17, 15) is 14.4 Å². The van der Waals surface area contributed by atoms with Crippen molar-refractivity contribution in [1.82, 2.24) is 23.7 Å². The Hall–Kier alpha value is -3.53. The molecule has 0 aliphatic rings. The molecule has 1 N–H and O–H groups in total. The second-order valence-electron chi connectivity index (χ2n) is 7.80. The van der Waals surface area contributed by atoms with E-state index in [1.807, 2.05) is 11.4 Å². The van der Waals surface area contributed by atoms with E-state index in [1.165, 1.54) is 40.4 Å². The van der Waals surface area contributed by atoms with E-state index in [0.29, 0.717) is 29.3 Å². The molecule has 10 heteroatoms. The van der Waals surface area contributed by atoms with Gasteiger partial charge in [-0.15, -0.1) is 11.3 Å². The Kier molecular flexibility index (Phi) is 5.79. The number of fused-ring (bicyclic) bond motifs is 1. The minimum atomic E-state index is -0.421. The van der Waals surface area contributed by atoms with Gasteiger partial charge in [0.15, 0.2) is 16.3 Å². The lowest BCUT2D eigenvalue weighted by Crippen LogP contribution is -2.37. The highest BCUT2D eigenvalue weighted by Crippen LogP contribution is 2.26. The predicted octanol–water partition coefficient (Wildman–Crippen LogP) is 2.59. The quantitative estimate of drug-likeness (QED) is 0.484. The van der Waals surface area contributed by atoms with Gasteiger partial charge in [0.2, 0.25) is 5.91 Å². The summed E-state index contributed by atoms with van der Waals surface area (Å²) in [7, 11) is 3.02. The topological polar surface area (TPSA) is 104 Å². The molecule has 4 rings (SSSR count). The van der Waals surface area contributed by atoms with Crippen LogP contribution in [-0.2, 0) is 25.4 Å². The molecular formula is C22H24N6O3S. The standard InChI is InChI=1S/C22H24N6O3S/c1-13-7-8-15(10-14(13)2)16-11-32-21(24-16)25-17(29)6-5-9-28-12-23-19-18(28)20(30)27(4)22(31)26(19)3/h7-8,10-12H,5-6,9H2,1-4H3,(H,24,25,29). The van der Waals surface area contributed by atoms with Crippen LogP contribution in [0, 0.1) is 13.8 Å². The number of aromatic nitrogens is 5. The summed E-state index contributed by atoms with van der Waals surface area (Å²) in [6, 6.07) is 6.18. The van der Waals surface area contributed by atoms with Gasteiger partial charge < -0.3 is 9.88 Å². The summed E-state index contributed by atoms with van der Waals surface area (Å²) in [5, 5.41) is 5.33. The maximum absolute atomic E-state index is 12.5. The molecule has 0 saturated heterocycles. The van der Waals surface area contributed by atoms with Gasteiger partial charge in [0, 0.05) is 38.0 Å². The molecule has 0 unspecified atom stereocenters. The zero-order valence-electron chi connectivity index (χ0n) is 18.4. The van der Waals surface area contributed by atoms with E-state index in [1.54, 1.807) is 11.6 Å². The molecule has 9 nitrogen and oxygen atoms in total. The van der Waals surface area contributed by atoms with E-state index in [-0.39, 0.29) is 12.3 Å². The summed E-state index contributed by atoms with van der Waals surface area (Å²) in [5.74, 6) is -0.143. The second kappa shape index (κ2) is 8.54. The van der Waals surface area contributed by atoms with E-state index >= 15 is 0 Å². The molecule has 0 spiro atoms. The number of aryl methyl sites for hydroxylation is 4. The van der Waals surface area contributed by atoms with Crippen molar-refractivity contribution in [2.24, 2.45) is 14.1 Å². The summed E-state index contributed by atoms with van der Waals surface area (Å²) in [5.41, 5.74) is 4.15. The van der Waals surface area contributed by atoms with Crippen LogP contribution in [0.3, 0.4) is 0 Å². The molecule has 1 amide bonds. The summed E-state index contributed by atoms with van der Waals surface area (Å²) < 4.78 is 4.09. The Bertz CT molecular complexity index is 1440. The van der Waals surface area contributed by atoms with E-state index in [2.05, 4.69) is 41.3 Å². The molecule has 32 heavy (non-hydrogen) atoms. The summed E-state index contributed by atoms with van der Waals surface area (Å²) in [6.45, 7) is 4.56. The zero-order chi connectivity index (χ0) is 23.0. The second-order valence-corrected chi connectivity index (χ2v) is 8.66. The maximum Gasteiger partial charge on any atom is 0.332 e. The largest absolute Gasteiger partial charge is 0.332 e. The van der Waals surface area contributed by atoms with E-state index < -0.39 is 11.2 Å². The van der Waals surface area contributed by atoms with Gasteiger partial charge in [-0.05, 0) is 37.5 Å². The molecule has 0 radical (unpaired) electrons. The number of carbonyl (C=O) groups excluding carboxylic acids is 1. The Morgan fingerprint density at radius 3 is 2.66 bits per heavy atom. The predicted molar refractivity (Wildman–Crippen MR) is 125 cm³/mol. The smallest absolute Gasteiger partial charge is 0.325 e. The highest BCUT2D eigenvalue weighted by molar-refractivity contribution is 7.14. The van der Waals surface area contributed by atoms with Crippen molar-refractivity contribution in [2.75, 3.05) is 5.32 Å². The van der Waals surface area contributed by atoms with Crippen LogP contribution in [0.1, 0.15) is 24.0 Å². The average molecular weight is 453 g/mol. The zero-order valence-corrected chi connectivity index (χ0v) is 19.2. The molecule has 0 atom stereocenters. The molecule has 1 aromatic carbocycles. The van der Waals surface area contributed by atoms with Crippen molar-refractivity contribution in [3.63, 3.8) is 0 Å². The normalized spacial score (nSPS) is 11.2. The van der Waals surface area contributed by atoms with Crippen LogP contribution in [0.4, 0.5) is 5.13 Å². The molecule has 0 bridgehead atoms. The van der Waals surface area contributed by atoms with Crippen LogP contribution in [0.15, 0.2) is 39.5 Å². The molecule has 0 fully saturated rings. The summed E-state index contributed by atoms with van der Waals surface area (Å²) >= 11 is 1.39. The van der Waals surface area contributed by atoms with Crippen LogP contribution in [-0.4, -0.2) is 29.6 Å². The maximum atomic E-state index is 12.5. The van der Waals surface area contributed by atoms with Crippen LogP contribution in [0.25, 0.3) is 22.4 Å². The first-order valence-electron chi connectivity index (χ1n) is 10.2. The van der Waals surface area contributed by atoms with Gasteiger partial charge in [-0.1, -0.05) is 12.1 Å². The van der Waals surface area contributed by atoms with Gasteiger partial charge in [-0.25, -0.2) is 14.8 Å². The lowest BCUT2D eigenvalue weighted by molar-refractivity contribution is -0.116. The molecule has 3 heterocycles. The monoisotopic (exact) mass is 452 g/mol. The molecule has 166 valence electrons. The fraction of sp³-hybridized carbons (Fsp3) is 0.318. The van der Waals surface area contributed by atoms with Gasteiger partial charge in [-0.3, -0.25) is 18.7 Å². The SMILES string of the molecule is Cc1ccc(-c2csc(NC(=O)CCCn3cnc4c3c(=O)n(C)c(=O)n4C)n2)cc1C. The Morgan fingerprint density at radius 1 is 1.12 bits per heavy atom. The van der Waals surface area contributed by atoms with Gasteiger partial charge in [0.05, 0.1) is 12.0 Å². The van der Waals surface area contributed by atoms with Crippen molar-refractivity contribution >= 4 is 33.5 Å². The Morgan fingerprint density at radius 2 is 1.91 bits per heavy atom. The number of amides is 1. The minimum Gasteiger partial charge on any atom is -0.325 e. The number of nitrogens with zero attached hydrogens (tertiary/aromatic N) is 5. The first-order valence-corrected chi connectivity index (χ1v) is 11.1. The molecule has 4 aromatic rings. The van der Waals surface area contributed by atoms with Crippen LogP contribution in [0.5, 0.6) is 0 Å². The van der Waals surface area contributed by atoms with Crippen LogP contribution < -0.4 is 16.6 Å². The third-order valence-electron chi connectivity index (χ3n) is 5.57. The molecule has 0 aliphatic heterocycles. The molecule has 3 aromatic heterocycles. The number of hydrogen-bond donors (Lipinski definition) is 1. The number of carbonyl (C=O) groups is 1. The third kappa shape index (κ3) is 4.01. The third-order valence-corrected chi connectivity index (χ3v) is 6.33. The van der Waals surface area contributed by atoms with Crippen molar-refractivity contribution < 1.29 is 4.79 Å². The average Bonchev–Trinajstić information content (AvgIpc) is 3.40. The first kappa shape index (κ1) is 21.7. The number of benzene rings is 1. The number of hydrogen-bond acceptors (Lipinski definition) is 6. The van der Waals surface area contributed by atoms with Crippen LogP contribution in [0.2, 0.25) is 0 Å².